The Kier molecular flexibility index (Phi) is 3.69. The standard InChI is InChI=1S/C15H24N4/c1-19(14-8-3-2-5-11(14)9-16)15-12-6-4-7-13(12)17-10-18-15/h10-11,14H,2-9,16H2,1H3. The highest BCUT2D eigenvalue weighted by molar-refractivity contribution is 5.50. The zero-order valence-corrected chi connectivity index (χ0v) is 11.8. The zero-order chi connectivity index (χ0) is 13.2. The molecule has 104 valence electrons. The van der Waals surface area contributed by atoms with Gasteiger partial charge in [-0.2, -0.15) is 0 Å². The molecule has 19 heavy (non-hydrogen) atoms. The van der Waals surface area contributed by atoms with Crippen molar-refractivity contribution in [3.63, 3.8) is 0 Å². The molecule has 3 rings (SSSR count). The molecule has 1 aromatic heterocycles. The molecule has 2 atom stereocenters. The number of rotatable bonds is 3. The third kappa shape index (κ3) is 2.34. The third-order valence-corrected chi connectivity index (χ3v) is 4.86. The summed E-state index contributed by atoms with van der Waals surface area (Å²) in [7, 11) is 2.19. The van der Waals surface area contributed by atoms with Crippen LogP contribution in [0.25, 0.3) is 0 Å². The average Bonchev–Trinajstić information content (AvgIpc) is 2.94. The second-order valence-electron chi connectivity index (χ2n) is 5.93. The molecule has 2 aliphatic rings. The Morgan fingerprint density at radius 1 is 1.21 bits per heavy atom. The molecule has 2 aliphatic carbocycles. The van der Waals surface area contributed by atoms with Crippen LogP contribution in [-0.4, -0.2) is 29.6 Å². The van der Waals surface area contributed by atoms with Crippen molar-refractivity contribution < 1.29 is 0 Å². The largest absolute Gasteiger partial charge is 0.356 e. The summed E-state index contributed by atoms with van der Waals surface area (Å²) in [6, 6.07) is 0.554. The van der Waals surface area contributed by atoms with Crippen molar-refractivity contribution in [1.82, 2.24) is 9.97 Å². The first-order valence-electron chi connectivity index (χ1n) is 7.57. The van der Waals surface area contributed by atoms with Crippen LogP contribution in [0.5, 0.6) is 0 Å². The summed E-state index contributed by atoms with van der Waals surface area (Å²) in [5, 5.41) is 0. The normalized spacial score (nSPS) is 26.2. The predicted octanol–water partition coefficient (Wildman–Crippen LogP) is 1.92. The van der Waals surface area contributed by atoms with Gasteiger partial charge in [0.05, 0.1) is 0 Å². The smallest absolute Gasteiger partial charge is 0.135 e. The molecule has 1 aromatic rings. The molecular weight excluding hydrogens is 236 g/mol. The van der Waals surface area contributed by atoms with Gasteiger partial charge in [-0.05, 0) is 44.6 Å². The van der Waals surface area contributed by atoms with E-state index >= 15 is 0 Å². The summed E-state index contributed by atoms with van der Waals surface area (Å²) in [5.41, 5.74) is 8.60. The summed E-state index contributed by atoms with van der Waals surface area (Å²) < 4.78 is 0. The first kappa shape index (κ1) is 12.9. The number of nitrogens with zero attached hydrogens (tertiary/aromatic N) is 3. The van der Waals surface area contributed by atoms with E-state index in [1.165, 1.54) is 43.4 Å². The van der Waals surface area contributed by atoms with E-state index < -0.39 is 0 Å². The Labute approximate surface area is 115 Å². The second kappa shape index (κ2) is 5.45. The van der Waals surface area contributed by atoms with Crippen molar-refractivity contribution in [2.75, 3.05) is 18.5 Å². The van der Waals surface area contributed by atoms with E-state index in [9.17, 15) is 0 Å². The number of hydrogen-bond acceptors (Lipinski definition) is 4. The molecule has 0 aromatic carbocycles. The minimum absolute atomic E-state index is 0.554. The van der Waals surface area contributed by atoms with Gasteiger partial charge in [0.1, 0.15) is 12.1 Å². The van der Waals surface area contributed by atoms with Gasteiger partial charge >= 0.3 is 0 Å². The van der Waals surface area contributed by atoms with Crippen LogP contribution < -0.4 is 10.6 Å². The number of fused-ring (bicyclic) bond motifs is 1. The molecule has 4 nitrogen and oxygen atoms in total. The molecule has 0 aliphatic heterocycles. The van der Waals surface area contributed by atoms with Crippen LogP contribution in [0.2, 0.25) is 0 Å². The quantitative estimate of drug-likeness (QED) is 0.902. The molecule has 4 heteroatoms. The van der Waals surface area contributed by atoms with Crippen molar-refractivity contribution in [3.8, 4) is 0 Å². The van der Waals surface area contributed by atoms with Gasteiger partial charge in [-0.15, -0.1) is 0 Å². The highest BCUT2D eigenvalue weighted by Crippen LogP contribution is 2.33. The minimum atomic E-state index is 0.554. The average molecular weight is 260 g/mol. The second-order valence-corrected chi connectivity index (χ2v) is 5.93. The lowest BCUT2D eigenvalue weighted by atomic mass is 9.83. The fourth-order valence-corrected chi connectivity index (χ4v) is 3.78. The van der Waals surface area contributed by atoms with E-state index in [2.05, 4.69) is 21.9 Å². The summed E-state index contributed by atoms with van der Waals surface area (Å²) in [6.45, 7) is 0.794. The SMILES string of the molecule is CN(c1ncnc2c1CCC2)C1CCCCC1CN. The van der Waals surface area contributed by atoms with Gasteiger partial charge < -0.3 is 10.6 Å². The minimum Gasteiger partial charge on any atom is -0.356 e. The van der Waals surface area contributed by atoms with Crippen LogP contribution >= 0.6 is 0 Å². The molecule has 0 amide bonds. The molecule has 0 radical (unpaired) electrons. The van der Waals surface area contributed by atoms with Gasteiger partial charge in [-0.3, -0.25) is 0 Å². The molecule has 1 fully saturated rings. The van der Waals surface area contributed by atoms with E-state index in [1.54, 1.807) is 6.33 Å². The number of hydrogen-bond donors (Lipinski definition) is 1. The monoisotopic (exact) mass is 260 g/mol. The molecule has 2 unspecified atom stereocenters. The number of aryl methyl sites for hydroxylation is 1. The summed E-state index contributed by atoms with van der Waals surface area (Å²) in [4.78, 5) is 11.4. The molecular formula is C15H24N4. The number of aromatic nitrogens is 2. The Morgan fingerprint density at radius 3 is 2.89 bits per heavy atom. The van der Waals surface area contributed by atoms with Gasteiger partial charge in [-0.25, -0.2) is 9.97 Å². The van der Waals surface area contributed by atoms with Crippen LogP contribution in [-0.2, 0) is 12.8 Å². The maximum atomic E-state index is 5.96. The van der Waals surface area contributed by atoms with Crippen molar-refractivity contribution in [3.05, 3.63) is 17.6 Å². The molecule has 1 heterocycles. The highest BCUT2D eigenvalue weighted by atomic mass is 15.2. The van der Waals surface area contributed by atoms with E-state index in [1.807, 2.05) is 0 Å². The Morgan fingerprint density at radius 2 is 2.05 bits per heavy atom. The Balaban J connectivity index is 1.87. The lowest BCUT2D eigenvalue weighted by Crippen LogP contribution is -2.44. The van der Waals surface area contributed by atoms with Crippen LogP contribution in [0.4, 0.5) is 5.82 Å². The Bertz CT molecular complexity index is 446. The first-order valence-corrected chi connectivity index (χ1v) is 7.57. The third-order valence-electron chi connectivity index (χ3n) is 4.86. The van der Waals surface area contributed by atoms with Crippen molar-refractivity contribution in [1.29, 1.82) is 0 Å². The molecule has 0 saturated heterocycles. The van der Waals surface area contributed by atoms with E-state index in [-0.39, 0.29) is 0 Å². The van der Waals surface area contributed by atoms with Gasteiger partial charge in [0, 0.05) is 24.3 Å². The summed E-state index contributed by atoms with van der Waals surface area (Å²) in [5.74, 6) is 1.78. The van der Waals surface area contributed by atoms with Crippen molar-refractivity contribution in [2.45, 2.75) is 51.0 Å². The summed E-state index contributed by atoms with van der Waals surface area (Å²) >= 11 is 0. The van der Waals surface area contributed by atoms with E-state index in [0.717, 1.165) is 25.2 Å². The van der Waals surface area contributed by atoms with Crippen LogP contribution in [0.15, 0.2) is 6.33 Å². The van der Waals surface area contributed by atoms with E-state index in [4.69, 9.17) is 5.73 Å². The zero-order valence-electron chi connectivity index (χ0n) is 11.8. The topological polar surface area (TPSA) is 55.0 Å². The molecule has 2 N–H and O–H groups in total. The lowest BCUT2D eigenvalue weighted by Gasteiger charge is -2.38. The van der Waals surface area contributed by atoms with Gasteiger partial charge in [0.2, 0.25) is 0 Å². The molecule has 0 bridgehead atoms. The summed E-state index contributed by atoms with van der Waals surface area (Å²) in [6.07, 6.45) is 10.4. The highest BCUT2D eigenvalue weighted by Gasteiger charge is 2.30. The fraction of sp³-hybridized carbons (Fsp3) is 0.733. The van der Waals surface area contributed by atoms with Crippen molar-refractivity contribution in [2.24, 2.45) is 11.7 Å². The van der Waals surface area contributed by atoms with Crippen LogP contribution in [0.1, 0.15) is 43.4 Å². The Hall–Kier alpha value is -1.16. The number of anilines is 1. The molecule has 0 spiro atoms. The molecule has 1 saturated carbocycles. The van der Waals surface area contributed by atoms with E-state index in [0.29, 0.717) is 12.0 Å². The van der Waals surface area contributed by atoms with Gasteiger partial charge in [0.15, 0.2) is 0 Å². The van der Waals surface area contributed by atoms with Crippen molar-refractivity contribution >= 4 is 5.82 Å². The number of nitrogens with two attached hydrogens (primary N) is 1. The first-order chi connectivity index (χ1) is 9.31. The lowest BCUT2D eigenvalue weighted by molar-refractivity contribution is 0.305. The van der Waals surface area contributed by atoms with Gasteiger partial charge in [0.25, 0.3) is 0 Å². The predicted molar refractivity (Wildman–Crippen MR) is 77.3 cm³/mol. The maximum Gasteiger partial charge on any atom is 0.135 e. The maximum absolute atomic E-state index is 5.96. The van der Waals surface area contributed by atoms with Crippen LogP contribution in [0.3, 0.4) is 0 Å². The fourth-order valence-electron chi connectivity index (χ4n) is 3.78. The van der Waals surface area contributed by atoms with Crippen LogP contribution in [0, 0.1) is 5.92 Å². The van der Waals surface area contributed by atoms with Gasteiger partial charge in [-0.1, -0.05) is 12.8 Å².